The van der Waals surface area contributed by atoms with E-state index in [1.165, 1.54) is 23.1 Å². The van der Waals surface area contributed by atoms with E-state index >= 15 is 4.39 Å². The first-order chi connectivity index (χ1) is 21.2. The molecule has 2 aromatic carbocycles. The molecule has 9 nitrogen and oxygen atoms in total. The number of nitrogens with zero attached hydrogens (tertiary/aromatic N) is 2. The Morgan fingerprint density at radius 2 is 1.87 bits per heavy atom. The Balaban J connectivity index is 1.50. The summed E-state index contributed by atoms with van der Waals surface area (Å²) in [7, 11) is 3.15. The first-order valence-corrected chi connectivity index (χ1v) is 14.6. The average Bonchev–Trinajstić information content (AvgIpc) is 3.78. The number of amides is 3. The predicted molar refractivity (Wildman–Crippen MR) is 156 cm³/mol. The first-order valence-electron chi connectivity index (χ1n) is 14.2. The fourth-order valence-corrected chi connectivity index (χ4v) is 6.24. The van der Waals surface area contributed by atoms with Gasteiger partial charge in [-0.2, -0.15) is 13.2 Å². The lowest BCUT2D eigenvalue weighted by Crippen LogP contribution is -2.59. The lowest BCUT2D eigenvalue weighted by atomic mass is 9.85. The molecule has 3 amide bonds. The van der Waals surface area contributed by atoms with Crippen LogP contribution in [0.2, 0.25) is 5.02 Å². The number of rotatable bonds is 8. The van der Waals surface area contributed by atoms with Crippen molar-refractivity contribution in [3.05, 3.63) is 80.8 Å². The quantitative estimate of drug-likeness (QED) is 0.248. The first kappa shape index (κ1) is 32.4. The second-order valence-corrected chi connectivity index (χ2v) is 12.0. The third-order valence-electron chi connectivity index (χ3n) is 8.93. The van der Waals surface area contributed by atoms with Gasteiger partial charge in [-0.25, -0.2) is 14.0 Å². The summed E-state index contributed by atoms with van der Waals surface area (Å²) in [6.45, 7) is 0.813. The zero-order valence-electron chi connectivity index (χ0n) is 24.4. The van der Waals surface area contributed by atoms with E-state index in [2.05, 4.69) is 5.32 Å². The van der Waals surface area contributed by atoms with E-state index in [-0.39, 0.29) is 82.1 Å². The van der Waals surface area contributed by atoms with Crippen molar-refractivity contribution in [2.24, 2.45) is 0 Å². The highest BCUT2D eigenvalue weighted by atomic mass is 35.5. The van der Waals surface area contributed by atoms with Gasteiger partial charge in [0.2, 0.25) is 0 Å². The van der Waals surface area contributed by atoms with Crippen molar-refractivity contribution in [1.82, 2.24) is 15.1 Å². The van der Waals surface area contributed by atoms with Crippen LogP contribution in [-0.2, 0) is 10.2 Å². The molecule has 0 spiro atoms. The number of aromatic carboxylic acids is 1. The van der Waals surface area contributed by atoms with Gasteiger partial charge in [0, 0.05) is 37.9 Å². The zero-order chi connectivity index (χ0) is 32.8. The normalized spacial score (nSPS) is 19.5. The molecular weight excluding hydrogens is 620 g/mol. The van der Waals surface area contributed by atoms with E-state index in [9.17, 15) is 32.7 Å². The molecule has 3 aliphatic rings. The molecule has 1 saturated carbocycles. The number of hydrogen-bond donors (Lipinski definition) is 3. The molecule has 1 atom stereocenters. The van der Waals surface area contributed by atoms with Crippen molar-refractivity contribution in [2.45, 2.75) is 55.8 Å². The molecule has 45 heavy (non-hydrogen) atoms. The number of likely N-dealkylation sites (tertiary alicyclic amines) is 1. The number of allylic oxidation sites excluding steroid dienone is 1. The molecule has 1 unspecified atom stereocenters. The molecule has 14 heteroatoms. The summed E-state index contributed by atoms with van der Waals surface area (Å²) in [6, 6.07) is 6.24. The minimum absolute atomic E-state index is 0.00622. The summed E-state index contributed by atoms with van der Waals surface area (Å²) >= 11 is 6.33. The van der Waals surface area contributed by atoms with Gasteiger partial charge in [0.15, 0.2) is 0 Å². The van der Waals surface area contributed by atoms with Gasteiger partial charge in [-0.05, 0) is 61.1 Å². The lowest BCUT2D eigenvalue weighted by Gasteiger charge is -2.43. The van der Waals surface area contributed by atoms with Crippen LogP contribution < -0.4 is 5.32 Å². The minimum Gasteiger partial charge on any atom is -0.478 e. The largest absolute Gasteiger partial charge is 0.478 e. The van der Waals surface area contributed by atoms with Crippen LogP contribution >= 0.6 is 11.6 Å². The maximum absolute atomic E-state index is 15.0. The molecule has 2 fully saturated rings. The molecule has 2 aromatic rings. The SMILES string of the molecule is COC1CN(C(=O)N(C)C2CCC(C(=N)c3ccc(C(=O)O)cc3F)=C(NC(=O)c3c(Cl)cccc3C3(C(F)(F)F)CC3)C2)C1. The van der Waals surface area contributed by atoms with Crippen LogP contribution in [0.5, 0.6) is 0 Å². The van der Waals surface area contributed by atoms with Gasteiger partial charge in [0.1, 0.15) is 5.82 Å². The van der Waals surface area contributed by atoms with Gasteiger partial charge in [-0.1, -0.05) is 23.7 Å². The van der Waals surface area contributed by atoms with E-state index in [0.717, 1.165) is 18.2 Å². The molecule has 5 rings (SSSR count). The van der Waals surface area contributed by atoms with E-state index in [0.29, 0.717) is 19.5 Å². The van der Waals surface area contributed by atoms with E-state index in [1.807, 2.05) is 0 Å². The minimum atomic E-state index is -4.61. The summed E-state index contributed by atoms with van der Waals surface area (Å²) in [5, 5.41) is 20.5. The smallest absolute Gasteiger partial charge is 0.398 e. The maximum atomic E-state index is 15.0. The van der Waals surface area contributed by atoms with Crippen LogP contribution in [0, 0.1) is 11.2 Å². The van der Waals surface area contributed by atoms with Crippen LogP contribution in [0.25, 0.3) is 0 Å². The van der Waals surface area contributed by atoms with E-state index in [4.69, 9.17) is 21.7 Å². The molecule has 2 aliphatic carbocycles. The van der Waals surface area contributed by atoms with Crippen molar-refractivity contribution in [1.29, 1.82) is 5.41 Å². The molecule has 240 valence electrons. The zero-order valence-corrected chi connectivity index (χ0v) is 25.2. The topological polar surface area (TPSA) is 123 Å². The Labute approximate surface area is 261 Å². The highest BCUT2D eigenvalue weighted by molar-refractivity contribution is 6.34. The Bertz CT molecular complexity index is 1600. The second kappa shape index (κ2) is 12.1. The Hall–Kier alpha value is -3.97. The molecule has 0 bridgehead atoms. The Morgan fingerprint density at radius 1 is 1.18 bits per heavy atom. The predicted octanol–water partition coefficient (Wildman–Crippen LogP) is 5.76. The van der Waals surface area contributed by atoms with Gasteiger partial charge in [-0.3, -0.25) is 10.2 Å². The number of urea groups is 1. The van der Waals surface area contributed by atoms with Crippen molar-refractivity contribution < 1.29 is 41.8 Å². The van der Waals surface area contributed by atoms with Crippen LogP contribution in [-0.4, -0.2) is 84.1 Å². The van der Waals surface area contributed by atoms with Crippen molar-refractivity contribution in [3.63, 3.8) is 0 Å². The highest BCUT2D eigenvalue weighted by Crippen LogP contribution is 2.60. The molecule has 1 heterocycles. The van der Waals surface area contributed by atoms with Crippen molar-refractivity contribution >= 4 is 35.2 Å². The summed E-state index contributed by atoms with van der Waals surface area (Å²) in [4.78, 5) is 41.3. The van der Waals surface area contributed by atoms with Crippen LogP contribution in [0.3, 0.4) is 0 Å². The molecule has 1 aliphatic heterocycles. The number of carbonyl (C=O) groups excluding carboxylic acids is 2. The van der Waals surface area contributed by atoms with Crippen LogP contribution in [0.4, 0.5) is 22.4 Å². The number of carboxylic acids is 1. The maximum Gasteiger partial charge on any atom is 0.398 e. The average molecular weight is 651 g/mol. The molecular formula is C31H31ClF4N4O5. The number of alkyl halides is 3. The summed E-state index contributed by atoms with van der Waals surface area (Å²) in [5.41, 5.74) is -3.33. The molecule has 1 saturated heterocycles. The van der Waals surface area contributed by atoms with Crippen molar-refractivity contribution in [3.8, 4) is 0 Å². The molecule has 0 aromatic heterocycles. The van der Waals surface area contributed by atoms with Gasteiger partial charge in [0.05, 0.1) is 46.5 Å². The number of nitrogens with one attached hydrogen (secondary N) is 2. The summed E-state index contributed by atoms with van der Waals surface area (Å²) in [6.07, 6.45) is -4.63. The molecule has 0 radical (unpaired) electrons. The molecule has 3 N–H and O–H groups in total. The van der Waals surface area contributed by atoms with Gasteiger partial charge in [-0.15, -0.1) is 0 Å². The van der Waals surface area contributed by atoms with Gasteiger partial charge < -0.3 is 25.0 Å². The highest BCUT2D eigenvalue weighted by Gasteiger charge is 2.65. The number of carbonyl (C=O) groups is 3. The van der Waals surface area contributed by atoms with Crippen LogP contribution in [0.15, 0.2) is 47.7 Å². The number of carboxylic acid groups (broad SMARTS) is 1. The van der Waals surface area contributed by atoms with Gasteiger partial charge >= 0.3 is 18.2 Å². The standard InChI is InChI=1S/C31H31ClF4N4O5/c1-39(29(44)40-14-18(15-40)45-2)17-7-9-20(26(37)19-8-6-16(28(42)43)12-23(19)33)24(13-17)38-27(41)25-21(4-3-5-22(25)32)30(10-11-30)31(34,35)36/h3-6,8,12,17-18,37H,7,9-11,13-15H2,1-2H3,(H,38,41)(H,42,43). The van der Waals surface area contributed by atoms with Crippen LogP contribution in [0.1, 0.15) is 63.9 Å². The number of halogens is 5. The third kappa shape index (κ3) is 6.02. The van der Waals surface area contributed by atoms with Gasteiger partial charge in [0.25, 0.3) is 5.91 Å². The Morgan fingerprint density at radius 3 is 2.44 bits per heavy atom. The summed E-state index contributed by atoms with van der Waals surface area (Å²) in [5.74, 6) is -3.24. The number of methoxy groups -OCH3 is 1. The van der Waals surface area contributed by atoms with Crippen molar-refractivity contribution in [2.75, 3.05) is 27.2 Å². The Kier molecular flexibility index (Phi) is 8.71. The van der Waals surface area contributed by atoms with E-state index in [1.54, 1.807) is 19.1 Å². The summed E-state index contributed by atoms with van der Waals surface area (Å²) < 4.78 is 62.6. The second-order valence-electron chi connectivity index (χ2n) is 11.6. The lowest BCUT2D eigenvalue weighted by molar-refractivity contribution is -0.160. The fraction of sp³-hybridized carbons (Fsp3) is 0.419. The fourth-order valence-electron chi connectivity index (χ4n) is 5.98. The number of benzene rings is 2. The van der Waals surface area contributed by atoms with E-state index < -0.39 is 35.3 Å². The third-order valence-corrected chi connectivity index (χ3v) is 9.25. The monoisotopic (exact) mass is 650 g/mol. The number of ether oxygens (including phenoxy) is 1. The number of hydrogen-bond acceptors (Lipinski definition) is 5.